The van der Waals surface area contributed by atoms with Gasteiger partial charge in [0.25, 0.3) is 0 Å². The fourth-order valence-corrected chi connectivity index (χ4v) is 3.01. The standard InChI is InChI=1S/C19H29N3O2/c1-14(2)12-17(20)19(24)22-10-8-21(9-11-22)18(23)13-16-6-4-15(3)5-7-16/h4-7,14,17H,8-13,20H2,1-3H3/t17-/m0/s1. The summed E-state index contributed by atoms with van der Waals surface area (Å²) in [5.74, 6) is 0.535. The van der Waals surface area contributed by atoms with Crippen LogP contribution >= 0.6 is 0 Å². The van der Waals surface area contributed by atoms with Crippen LogP contribution in [0.3, 0.4) is 0 Å². The number of amides is 2. The number of benzene rings is 1. The van der Waals surface area contributed by atoms with E-state index in [4.69, 9.17) is 5.73 Å². The van der Waals surface area contributed by atoms with Crippen LogP contribution in [0.25, 0.3) is 0 Å². The Morgan fingerprint density at radius 3 is 2.12 bits per heavy atom. The molecule has 132 valence electrons. The molecule has 1 fully saturated rings. The van der Waals surface area contributed by atoms with Crippen molar-refractivity contribution >= 4 is 11.8 Å². The van der Waals surface area contributed by atoms with Gasteiger partial charge in [-0.25, -0.2) is 0 Å². The van der Waals surface area contributed by atoms with Crippen LogP contribution in [-0.2, 0) is 16.0 Å². The molecule has 1 aliphatic rings. The zero-order valence-corrected chi connectivity index (χ0v) is 15.0. The van der Waals surface area contributed by atoms with Gasteiger partial charge in [-0.05, 0) is 24.8 Å². The summed E-state index contributed by atoms with van der Waals surface area (Å²) >= 11 is 0. The lowest BCUT2D eigenvalue weighted by atomic mass is 10.0. The van der Waals surface area contributed by atoms with Gasteiger partial charge in [0.15, 0.2) is 0 Å². The lowest BCUT2D eigenvalue weighted by molar-refractivity contribution is -0.140. The molecule has 1 atom stereocenters. The minimum Gasteiger partial charge on any atom is -0.339 e. The zero-order chi connectivity index (χ0) is 17.7. The van der Waals surface area contributed by atoms with Gasteiger partial charge in [-0.3, -0.25) is 9.59 Å². The largest absolute Gasteiger partial charge is 0.339 e. The molecule has 0 saturated carbocycles. The number of rotatable bonds is 5. The van der Waals surface area contributed by atoms with E-state index in [0.29, 0.717) is 44.9 Å². The maximum Gasteiger partial charge on any atom is 0.239 e. The Bertz CT molecular complexity index is 560. The molecule has 1 aliphatic heterocycles. The van der Waals surface area contributed by atoms with E-state index in [0.717, 1.165) is 5.56 Å². The molecule has 1 aromatic carbocycles. The van der Waals surface area contributed by atoms with Crippen molar-refractivity contribution in [2.24, 2.45) is 11.7 Å². The molecule has 5 heteroatoms. The third-order valence-electron chi connectivity index (χ3n) is 4.46. The summed E-state index contributed by atoms with van der Waals surface area (Å²) < 4.78 is 0. The molecule has 2 amide bonds. The maximum atomic E-state index is 12.4. The number of hydrogen-bond donors (Lipinski definition) is 1. The summed E-state index contributed by atoms with van der Waals surface area (Å²) in [7, 11) is 0. The molecule has 24 heavy (non-hydrogen) atoms. The second-order valence-electron chi connectivity index (χ2n) is 7.10. The number of aryl methyl sites for hydroxylation is 1. The Morgan fingerprint density at radius 2 is 1.58 bits per heavy atom. The highest BCUT2D eigenvalue weighted by atomic mass is 16.2. The van der Waals surface area contributed by atoms with Crippen LogP contribution in [-0.4, -0.2) is 53.8 Å². The number of carbonyl (C=O) groups excluding carboxylic acids is 2. The highest BCUT2D eigenvalue weighted by Crippen LogP contribution is 2.11. The van der Waals surface area contributed by atoms with Gasteiger partial charge in [0.05, 0.1) is 12.5 Å². The second-order valence-corrected chi connectivity index (χ2v) is 7.10. The van der Waals surface area contributed by atoms with Crippen molar-refractivity contribution in [1.29, 1.82) is 0 Å². The van der Waals surface area contributed by atoms with Gasteiger partial charge in [0.1, 0.15) is 0 Å². The van der Waals surface area contributed by atoms with E-state index in [-0.39, 0.29) is 11.8 Å². The molecule has 0 aliphatic carbocycles. The van der Waals surface area contributed by atoms with Crippen molar-refractivity contribution < 1.29 is 9.59 Å². The van der Waals surface area contributed by atoms with E-state index in [9.17, 15) is 9.59 Å². The molecule has 5 nitrogen and oxygen atoms in total. The van der Waals surface area contributed by atoms with Crippen molar-refractivity contribution in [3.05, 3.63) is 35.4 Å². The summed E-state index contributed by atoms with van der Waals surface area (Å²) in [5.41, 5.74) is 8.21. The number of nitrogens with zero attached hydrogens (tertiary/aromatic N) is 2. The summed E-state index contributed by atoms with van der Waals surface area (Å²) in [6, 6.07) is 7.61. The summed E-state index contributed by atoms with van der Waals surface area (Å²) in [5, 5.41) is 0. The van der Waals surface area contributed by atoms with Gasteiger partial charge < -0.3 is 15.5 Å². The topological polar surface area (TPSA) is 66.6 Å². The Labute approximate surface area is 144 Å². The van der Waals surface area contributed by atoms with Gasteiger partial charge >= 0.3 is 0 Å². The van der Waals surface area contributed by atoms with Gasteiger partial charge in [-0.15, -0.1) is 0 Å². The lowest BCUT2D eigenvalue weighted by Gasteiger charge is -2.36. The van der Waals surface area contributed by atoms with Gasteiger partial charge in [-0.2, -0.15) is 0 Å². The van der Waals surface area contributed by atoms with E-state index < -0.39 is 6.04 Å². The fourth-order valence-electron chi connectivity index (χ4n) is 3.01. The van der Waals surface area contributed by atoms with E-state index >= 15 is 0 Å². The van der Waals surface area contributed by atoms with E-state index in [1.165, 1.54) is 5.56 Å². The molecule has 2 rings (SSSR count). The Kier molecular flexibility index (Phi) is 6.37. The first-order chi connectivity index (χ1) is 11.4. The SMILES string of the molecule is Cc1ccc(CC(=O)N2CCN(C(=O)[C@@H](N)CC(C)C)CC2)cc1. The molecule has 1 aromatic rings. The number of piperazine rings is 1. The van der Waals surface area contributed by atoms with Crippen LogP contribution in [0.2, 0.25) is 0 Å². The van der Waals surface area contributed by atoms with Crippen LogP contribution in [0.5, 0.6) is 0 Å². The first-order valence-electron chi connectivity index (χ1n) is 8.74. The van der Waals surface area contributed by atoms with Gasteiger partial charge in [0.2, 0.25) is 11.8 Å². The average molecular weight is 331 g/mol. The van der Waals surface area contributed by atoms with Crippen molar-refractivity contribution in [2.45, 2.75) is 39.7 Å². The molecule has 0 aromatic heterocycles. The molecule has 1 heterocycles. The van der Waals surface area contributed by atoms with Crippen LogP contribution in [0, 0.1) is 12.8 Å². The normalized spacial score (nSPS) is 16.4. The van der Waals surface area contributed by atoms with E-state index in [1.54, 1.807) is 4.90 Å². The highest BCUT2D eigenvalue weighted by molar-refractivity contribution is 5.82. The van der Waals surface area contributed by atoms with Crippen LogP contribution < -0.4 is 5.73 Å². The first kappa shape index (κ1) is 18.5. The fraction of sp³-hybridized carbons (Fsp3) is 0.579. The summed E-state index contributed by atoms with van der Waals surface area (Å²) in [6.07, 6.45) is 1.12. The molecule has 0 radical (unpaired) electrons. The predicted molar refractivity (Wildman–Crippen MR) is 95.5 cm³/mol. The summed E-state index contributed by atoms with van der Waals surface area (Å²) in [6.45, 7) is 8.49. The minimum absolute atomic E-state index is 0.00864. The van der Waals surface area contributed by atoms with Crippen LogP contribution in [0.15, 0.2) is 24.3 Å². The summed E-state index contributed by atoms with van der Waals surface area (Å²) in [4.78, 5) is 28.4. The van der Waals surface area contributed by atoms with Gasteiger partial charge in [-0.1, -0.05) is 43.7 Å². The lowest BCUT2D eigenvalue weighted by Crippen LogP contribution is -2.54. The average Bonchev–Trinajstić information content (AvgIpc) is 2.55. The minimum atomic E-state index is -0.431. The maximum absolute atomic E-state index is 12.4. The Morgan fingerprint density at radius 1 is 1.04 bits per heavy atom. The Hall–Kier alpha value is -1.88. The second kappa shape index (κ2) is 8.29. The highest BCUT2D eigenvalue weighted by Gasteiger charge is 2.27. The molecular weight excluding hydrogens is 302 g/mol. The smallest absolute Gasteiger partial charge is 0.239 e. The quantitative estimate of drug-likeness (QED) is 0.891. The molecular formula is C19H29N3O2. The first-order valence-corrected chi connectivity index (χ1v) is 8.74. The molecule has 0 spiro atoms. The van der Waals surface area contributed by atoms with Crippen molar-refractivity contribution in [3.8, 4) is 0 Å². The number of hydrogen-bond acceptors (Lipinski definition) is 3. The third kappa shape index (κ3) is 5.06. The molecule has 2 N–H and O–H groups in total. The Balaban J connectivity index is 1.82. The van der Waals surface area contributed by atoms with Crippen molar-refractivity contribution in [3.63, 3.8) is 0 Å². The van der Waals surface area contributed by atoms with Crippen molar-refractivity contribution in [2.75, 3.05) is 26.2 Å². The van der Waals surface area contributed by atoms with E-state index in [2.05, 4.69) is 13.8 Å². The van der Waals surface area contributed by atoms with Crippen molar-refractivity contribution in [1.82, 2.24) is 9.80 Å². The number of carbonyl (C=O) groups is 2. The molecule has 1 saturated heterocycles. The molecule has 0 bridgehead atoms. The number of nitrogens with two attached hydrogens (primary N) is 1. The van der Waals surface area contributed by atoms with Crippen LogP contribution in [0.1, 0.15) is 31.4 Å². The van der Waals surface area contributed by atoms with E-state index in [1.807, 2.05) is 36.1 Å². The molecule has 0 unspecified atom stereocenters. The van der Waals surface area contributed by atoms with Crippen LogP contribution in [0.4, 0.5) is 0 Å². The third-order valence-corrected chi connectivity index (χ3v) is 4.46. The predicted octanol–water partition coefficient (Wildman–Crippen LogP) is 1.58. The monoisotopic (exact) mass is 331 g/mol. The zero-order valence-electron chi connectivity index (χ0n) is 15.0. The van der Waals surface area contributed by atoms with Gasteiger partial charge in [0, 0.05) is 26.2 Å².